The molecule has 0 heterocycles. The zero-order valence-corrected chi connectivity index (χ0v) is 7.05. The van der Waals surface area contributed by atoms with E-state index in [9.17, 15) is 0 Å². The zero-order chi connectivity index (χ0) is 6.69. The third kappa shape index (κ3) is 1.95. The molecule has 1 aromatic rings. The van der Waals surface area contributed by atoms with Gasteiger partial charge in [-0.2, -0.15) is 0 Å². The Morgan fingerprint density at radius 1 is 1.44 bits per heavy atom. The zero-order valence-electron chi connectivity index (χ0n) is 4.89. The Morgan fingerprint density at radius 2 is 2.22 bits per heavy atom. The highest BCUT2D eigenvalue weighted by Crippen LogP contribution is 2.06. The first-order valence-corrected chi connectivity index (χ1v) is 3.80. The molecule has 0 aliphatic carbocycles. The molecule has 0 saturated carbocycles. The average Bonchev–Trinajstić information content (AvgIpc) is 1.88. The molecule has 2 heteroatoms. The van der Waals surface area contributed by atoms with E-state index in [2.05, 4.69) is 22.6 Å². The topological polar surface area (TPSA) is 23.8 Å². The summed E-state index contributed by atoms with van der Waals surface area (Å²) in [6.45, 7) is 0.386. The van der Waals surface area contributed by atoms with Gasteiger partial charge in [0.2, 0.25) is 0 Å². The van der Waals surface area contributed by atoms with Crippen LogP contribution in [0.3, 0.4) is 0 Å². The van der Waals surface area contributed by atoms with Gasteiger partial charge in [-0.1, -0.05) is 12.1 Å². The normalized spacial score (nSPS) is 9.56. The molecule has 0 bridgehead atoms. The van der Waals surface area contributed by atoms with Gasteiger partial charge in [-0.3, -0.25) is 5.73 Å². The van der Waals surface area contributed by atoms with Gasteiger partial charge in [0.25, 0.3) is 0 Å². The van der Waals surface area contributed by atoms with Crippen LogP contribution in [0, 0.1) is 3.57 Å². The summed E-state index contributed by atoms with van der Waals surface area (Å²) in [6, 6.07) is 7.99. The molecule has 1 nitrogen and oxygen atoms in total. The van der Waals surface area contributed by atoms with Gasteiger partial charge >= 0.3 is 0 Å². The minimum atomic E-state index is 0.386. The molecule has 0 aliphatic heterocycles. The smallest absolute Gasteiger partial charge is 0.0351 e. The van der Waals surface area contributed by atoms with Crippen LogP contribution < -0.4 is 5.73 Å². The second-order valence-electron chi connectivity index (χ2n) is 1.81. The van der Waals surface area contributed by atoms with E-state index in [1.807, 2.05) is 24.3 Å². The largest absolute Gasteiger partial charge is 0.253 e. The van der Waals surface area contributed by atoms with Gasteiger partial charge in [0.15, 0.2) is 0 Å². The van der Waals surface area contributed by atoms with Crippen LogP contribution in [0.4, 0.5) is 0 Å². The fourth-order valence-corrected chi connectivity index (χ4v) is 1.25. The molecule has 47 valence electrons. The molecule has 1 N–H and O–H groups in total. The van der Waals surface area contributed by atoms with Crippen LogP contribution in [0.15, 0.2) is 24.3 Å². The maximum absolute atomic E-state index is 7.04. The summed E-state index contributed by atoms with van der Waals surface area (Å²) >= 11 is 2.25. The summed E-state index contributed by atoms with van der Waals surface area (Å²) in [5.74, 6) is 0. The molecule has 0 aromatic heterocycles. The number of hydrogen-bond donors (Lipinski definition) is 0. The molecule has 0 spiro atoms. The lowest BCUT2D eigenvalue weighted by molar-refractivity contribution is 1.03. The van der Waals surface area contributed by atoms with E-state index in [1.54, 1.807) is 0 Å². The van der Waals surface area contributed by atoms with Gasteiger partial charge in [-0.25, -0.2) is 0 Å². The number of rotatable bonds is 1. The standard InChI is InChI=1S/C7H7IN/c8-7-3-1-2-6(4-7)5-9/h1-4,9H,5H2. The van der Waals surface area contributed by atoms with Crippen molar-refractivity contribution in [3.05, 3.63) is 33.4 Å². The second-order valence-corrected chi connectivity index (χ2v) is 3.05. The minimum Gasteiger partial charge on any atom is -0.253 e. The average molecular weight is 232 g/mol. The maximum Gasteiger partial charge on any atom is 0.0351 e. The van der Waals surface area contributed by atoms with Crippen LogP contribution in [0.25, 0.3) is 0 Å². The van der Waals surface area contributed by atoms with Crippen LogP contribution in [-0.2, 0) is 6.54 Å². The van der Waals surface area contributed by atoms with E-state index >= 15 is 0 Å². The minimum absolute atomic E-state index is 0.386. The molecule has 0 aliphatic rings. The number of halogens is 1. The molecule has 9 heavy (non-hydrogen) atoms. The molecule has 0 unspecified atom stereocenters. The fraction of sp³-hybridized carbons (Fsp3) is 0.143. The number of hydrogen-bond acceptors (Lipinski definition) is 0. The maximum atomic E-state index is 7.04. The van der Waals surface area contributed by atoms with Crippen molar-refractivity contribution in [1.29, 1.82) is 0 Å². The summed E-state index contributed by atoms with van der Waals surface area (Å²) < 4.78 is 1.21. The molecular formula is C7H7IN. The van der Waals surface area contributed by atoms with Crippen molar-refractivity contribution >= 4 is 22.6 Å². The Hall–Kier alpha value is -0.0900. The molecule has 0 amide bonds. The third-order valence-electron chi connectivity index (χ3n) is 1.09. The van der Waals surface area contributed by atoms with E-state index in [-0.39, 0.29) is 0 Å². The highest BCUT2D eigenvalue weighted by molar-refractivity contribution is 14.1. The molecule has 1 aromatic carbocycles. The van der Waals surface area contributed by atoms with E-state index in [0.717, 1.165) is 5.56 Å². The SMILES string of the molecule is [NH]Cc1cccc(I)c1. The van der Waals surface area contributed by atoms with Gasteiger partial charge in [0.05, 0.1) is 0 Å². The first-order valence-electron chi connectivity index (χ1n) is 2.72. The predicted molar refractivity (Wildman–Crippen MR) is 46.0 cm³/mol. The fourth-order valence-electron chi connectivity index (χ4n) is 0.647. The van der Waals surface area contributed by atoms with Gasteiger partial charge in [0.1, 0.15) is 0 Å². The van der Waals surface area contributed by atoms with Crippen LogP contribution in [0.2, 0.25) is 0 Å². The van der Waals surface area contributed by atoms with Crippen molar-refractivity contribution in [3.63, 3.8) is 0 Å². The molecule has 0 atom stereocenters. The van der Waals surface area contributed by atoms with E-state index in [4.69, 9.17) is 5.73 Å². The van der Waals surface area contributed by atoms with E-state index in [0.29, 0.717) is 6.54 Å². The van der Waals surface area contributed by atoms with Gasteiger partial charge < -0.3 is 0 Å². The summed E-state index contributed by atoms with van der Waals surface area (Å²) in [5, 5.41) is 0. The van der Waals surface area contributed by atoms with Crippen molar-refractivity contribution in [2.45, 2.75) is 6.54 Å². The first kappa shape index (κ1) is 7.02. The number of benzene rings is 1. The molecule has 1 rings (SSSR count). The quantitative estimate of drug-likeness (QED) is 0.662. The third-order valence-corrected chi connectivity index (χ3v) is 1.76. The Kier molecular flexibility index (Phi) is 2.48. The molecule has 0 saturated heterocycles. The Balaban J connectivity index is 2.94. The lowest BCUT2D eigenvalue weighted by Gasteiger charge is -1.93. The Labute approximate surface area is 68.4 Å². The highest BCUT2D eigenvalue weighted by Gasteiger charge is 1.87. The lowest BCUT2D eigenvalue weighted by Crippen LogP contribution is -1.83. The highest BCUT2D eigenvalue weighted by atomic mass is 127. The van der Waals surface area contributed by atoms with Gasteiger partial charge in [-0.15, -0.1) is 0 Å². The van der Waals surface area contributed by atoms with Crippen molar-refractivity contribution < 1.29 is 0 Å². The van der Waals surface area contributed by atoms with Gasteiger partial charge in [0, 0.05) is 10.1 Å². The monoisotopic (exact) mass is 232 g/mol. The molecule has 0 fully saturated rings. The van der Waals surface area contributed by atoms with Crippen LogP contribution in [0.1, 0.15) is 5.56 Å². The summed E-state index contributed by atoms with van der Waals surface area (Å²) in [7, 11) is 0. The molecule has 1 radical (unpaired) electrons. The van der Waals surface area contributed by atoms with Crippen molar-refractivity contribution in [1.82, 2.24) is 5.73 Å². The van der Waals surface area contributed by atoms with Crippen LogP contribution >= 0.6 is 22.6 Å². The second kappa shape index (κ2) is 3.17. The first-order chi connectivity index (χ1) is 4.33. The van der Waals surface area contributed by atoms with Gasteiger partial charge in [-0.05, 0) is 40.3 Å². The predicted octanol–water partition coefficient (Wildman–Crippen LogP) is 2.07. The van der Waals surface area contributed by atoms with E-state index in [1.165, 1.54) is 3.57 Å². The van der Waals surface area contributed by atoms with Crippen molar-refractivity contribution in [3.8, 4) is 0 Å². The van der Waals surface area contributed by atoms with Crippen molar-refractivity contribution in [2.75, 3.05) is 0 Å². The number of nitrogens with one attached hydrogen (secondary N) is 1. The lowest BCUT2D eigenvalue weighted by atomic mass is 10.2. The summed E-state index contributed by atoms with van der Waals surface area (Å²) in [4.78, 5) is 0. The van der Waals surface area contributed by atoms with Crippen LogP contribution in [-0.4, -0.2) is 0 Å². The Bertz CT molecular complexity index is 198. The van der Waals surface area contributed by atoms with E-state index < -0.39 is 0 Å². The summed E-state index contributed by atoms with van der Waals surface area (Å²) in [6.07, 6.45) is 0. The molecular weight excluding hydrogens is 225 g/mol. The summed E-state index contributed by atoms with van der Waals surface area (Å²) in [5.41, 5.74) is 8.12. The van der Waals surface area contributed by atoms with Crippen LogP contribution in [0.5, 0.6) is 0 Å². The van der Waals surface area contributed by atoms with Crippen molar-refractivity contribution in [2.24, 2.45) is 0 Å². The Morgan fingerprint density at radius 3 is 2.67 bits per heavy atom.